The van der Waals surface area contributed by atoms with Crippen LogP contribution >= 0.6 is 23.1 Å². The molecule has 1 aliphatic heterocycles. The van der Waals surface area contributed by atoms with Crippen LogP contribution in [0.4, 0.5) is 5.69 Å². The highest BCUT2D eigenvalue weighted by atomic mass is 32.2. The standard InChI is InChI=1S/C29H31N3OS2/c1-4-30-29(33)22-16-20(18-27-31(5-2)23-11-7-9-13-25(23)34-27)15-21(17-22)19-28-32(6-3)24-12-8-10-14-26(24)35-28/h7-15,18-19,22H,4-6,16-17H2,1-3H3/p+1. The third kappa shape index (κ3) is 4.82. The molecule has 0 spiro atoms. The van der Waals surface area contributed by atoms with Gasteiger partial charge in [0.25, 0.3) is 5.01 Å². The van der Waals surface area contributed by atoms with E-state index in [4.69, 9.17) is 0 Å². The lowest BCUT2D eigenvalue weighted by Crippen LogP contribution is -2.34. The van der Waals surface area contributed by atoms with Crippen molar-refractivity contribution in [2.75, 3.05) is 18.0 Å². The van der Waals surface area contributed by atoms with E-state index in [2.05, 4.69) is 95.4 Å². The van der Waals surface area contributed by atoms with Crippen molar-refractivity contribution in [3.8, 4) is 0 Å². The van der Waals surface area contributed by atoms with Crippen molar-refractivity contribution in [1.82, 2.24) is 5.32 Å². The molecule has 1 amide bonds. The maximum absolute atomic E-state index is 12.9. The second kappa shape index (κ2) is 10.4. The van der Waals surface area contributed by atoms with Crippen LogP contribution in [0.5, 0.6) is 0 Å². The number of aryl methyl sites for hydroxylation is 1. The van der Waals surface area contributed by atoms with Crippen LogP contribution in [0.15, 0.2) is 81.8 Å². The number of rotatable bonds is 6. The van der Waals surface area contributed by atoms with Gasteiger partial charge in [0.15, 0.2) is 0 Å². The summed E-state index contributed by atoms with van der Waals surface area (Å²) in [4.78, 5) is 16.6. The number of hydrogen-bond acceptors (Lipinski definition) is 4. The molecule has 1 N–H and O–H groups in total. The fourth-order valence-electron chi connectivity index (χ4n) is 4.99. The van der Waals surface area contributed by atoms with E-state index >= 15 is 0 Å². The molecule has 0 saturated carbocycles. The summed E-state index contributed by atoms with van der Waals surface area (Å²) in [7, 11) is 0. The van der Waals surface area contributed by atoms with Crippen molar-refractivity contribution in [3.63, 3.8) is 0 Å². The minimum atomic E-state index is -0.0497. The Morgan fingerprint density at radius 3 is 2.69 bits per heavy atom. The summed E-state index contributed by atoms with van der Waals surface area (Å²) >= 11 is 3.64. The van der Waals surface area contributed by atoms with E-state index in [0.29, 0.717) is 6.54 Å². The SMILES string of the molecule is CCNC(=O)C1CC(C=C2Sc3ccccc3N2CC)=CC(=Cc2sc3ccccc3[n+]2CC)C1. The van der Waals surface area contributed by atoms with Gasteiger partial charge in [0.1, 0.15) is 11.2 Å². The Hall–Kier alpha value is -2.83. The first-order valence-electron chi connectivity index (χ1n) is 12.5. The number of thioether (sulfide) groups is 1. The topological polar surface area (TPSA) is 36.2 Å². The van der Waals surface area contributed by atoms with Crippen molar-refractivity contribution in [3.05, 3.63) is 81.9 Å². The Kier molecular flexibility index (Phi) is 7.12. The van der Waals surface area contributed by atoms with Crippen molar-refractivity contribution < 1.29 is 9.36 Å². The lowest BCUT2D eigenvalue weighted by atomic mass is 9.85. The molecule has 1 aliphatic carbocycles. The molecular weight excluding hydrogens is 470 g/mol. The molecule has 4 nitrogen and oxygen atoms in total. The number of hydrogen-bond donors (Lipinski definition) is 1. The van der Waals surface area contributed by atoms with Gasteiger partial charge >= 0.3 is 0 Å². The molecule has 0 bridgehead atoms. The molecule has 1 unspecified atom stereocenters. The van der Waals surface area contributed by atoms with Crippen LogP contribution in [0.2, 0.25) is 0 Å². The van der Waals surface area contributed by atoms with Gasteiger partial charge < -0.3 is 10.2 Å². The zero-order valence-corrected chi connectivity index (χ0v) is 22.2. The molecule has 0 fully saturated rings. The summed E-state index contributed by atoms with van der Waals surface area (Å²) in [5, 5.41) is 5.53. The van der Waals surface area contributed by atoms with Gasteiger partial charge in [0, 0.05) is 36.0 Å². The number of anilines is 1. The largest absolute Gasteiger partial charge is 0.356 e. The second-order valence-electron chi connectivity index (χ2n) is 8.89. The van der Waals surface area contributed by atoms with E-state index in [9.17, 15) is 4.79 Å². The number of aromatic nitrogens is 1. The maximum atomic E-state index is 12.9. The smallest absolute Gasteiger partial charge is 0.263 e. The number of nitrogens with zero attached hydrogens (tertiary/aromatic N) is 2. The molecule has 1 aromatic heterocycles. The Morgan fingerprint density at radius 2 is 1.89 bits per heavy atom. The zero-order valence-electron chi connectivity index (χ0n) is 20.6. The van der Waals surface area contributed by atoms with Gasteiger partial charge in [0.2, 0.25) is 11.4 Å². The summed E-state index contributed by atoms with van der Waals surface area (Å²) in [5.41, 5.74) is 4.98. The van der Waals surface area contributed by atoms with Gasteiger partial charge in [-0.3, -0.25) is 4.79 Å². The van der Waals surface area contributed by atoms with Crippen LogP contribution in [0.3, 0.4) is 0 Å². The van der Waals surface area contributed by atoms with Crippen molar-refractivity contribution in [2.24, 2.45) is 5.92 Å². The van der Waals surface area contributed by atoms with E-state index < -0.39 is 0 Å². The quantitative estimate of drug-likeness (QED) is 0.389. The molecule has 2 aliphatic rings. The van der Waals surface area contributed by atoms with E-state index in [1.54, 1.807) is 0 Å². The number of allylic oxidation sites excluding steroid dienone is 4. The van der Waals surface area contributed by atoms with Crippen LogP contribution in [0, 0.1) is 5.92 Å². The second-order valence-corrected chi connectivity index (χ2v) is 11.0. The fourth-order valence-corrected chi connectivity index (χ4v) is 7.40. The average Bonchev–Trinajstić information content (AvgIpc) is 3.40. The number of para-hydroxylation sites is 2. The Labute approximate surface area is 216 Å². The van der Waals surface area contributed by atoms with Gasteiger partial charge in [-0.15, -0.1) is 0 Å². The van der Waals surface area contributed by atoms with Crippen molar-refractivity contribution >= 4 is 51.0 Å². The predicted molar refractivity (Wildman–Crippen MR) is 149 cm³/mol. The average molecular weight is 503 g/mol. The Balaban J connectivity index is 1.54. The third-order valence-electron chi connectivity index (χ3n) is 6.58. The van der Waals surface area contributed by atoms with Crippen LogP contribution in [0.25, 0.3) is 16.3 Å². The summed E-state index contributed by atoms with van der Waals surface area (Å²) < 4.78 is 3.67. The van der Waals surface area contributed by atoms with Gasteiger partial charge in [-0.25, -0.2) is 0 Å². The zero-order chi connectivity index (χ0) is 24.4. The Bertz CT molecular complexity index is 1350. The molecule has 3 aromatic rings. The molecular formula is C29H32N3OS2+. The minimum Gasteiger partial charge on any atom is -0.356 e. The van der Waals surface area contributed by atoms with E-state index in [-0.39, 0.29) is 11.8 Å². The molecule has 6 heteroatoms. The number of benzene rings is 2. The molecule has 35 heavy (non-hydrogen) atoms. The summed E-state index contributed by atoms with van der Waals surface area (Å²) in [5.74, 6) is 0.100. The molecule has 2 heterocycles. The number of carbonyl (C=O) groups is 1. The lowest BCUT2D eigenvalue weighted by molar-refractivity contribution is -0.665. The van der Waals surface area contributed by atoms with Gasteiger partial charge in [-0.2, -0.15) is 4.57 Å². The highest BCUT2D eigenvalue weighted by Crippen LogP contribution is 2.46. The summed E-state index contributed by atoms with van der Waals surface area (Å²) in [6.07, 6.45) is 8.44. The predicted octanol–water partition coefficient (Wildman–Crippen LogP) is 6.54. The van der Waals surface area contributed by atoms with Crippen LogP contribution < -0.4 is 14.8 Å². The monoisotopic (exact) mass is 502 g/mol. The number of amides is 1. The van der Waals surface area contributed by atoms with Gasteiger partial charge in [-0.05, 0) is 69.0 Å². The first kappa shape index (κ1) is 23.9. The van der Waals surface area contributed by atoms with Crippen LogP contribution in [0.1, 0.15) is 38.6 Å². The van der Waals surface area contributed by atoms with Crippen molar-refractivity contribution in [2.45, 2.75) is 45.1 Å². The number of thiazole rings is 1. The van der Waals surface area contributed by atoms with E-state index in [1.165, 1.54) is 42.0 Å². The van der Waals surface area contributed by atoms with Crippen LogP contribution in [-0.2, 0) is 11.3 Å². The molecule has 1 atom stereocenters. The lowest BCUT2D eigenvalue weighted by Gasteiger charge is -2.24. The number of nitrogens with one attached hydrogen (secondary N) is 1. The highest BCUT2D eigenvalue weighted by Gasteiger charge is 2.28. The minimum absolute atomic E-state index is 0.0497. The normalized spacial score (nSPS) is 19.9. The van der Waals surface area contributed by atoms with Gasteiger partial charge in [-0.1, -0.05) is 53.4 Å². The highest BCUT2D eigenvalue weighted by molar-refractivity contribution is 8.03. The fraction of sp³-hybridized carbons (Fsp3) is 0.310. The summed E-state index contributed by atoms with van der Waals surface area (Å²) in [6.45, 7) is 8.88. The third-order valence-corrected chi connectivity index (χ3v) is 8.81. The first-order valence-corrected chi connectivity index (χ1v) is 14.1. The molecule has 2 aromatic carbocycles. The maximum Gasteiger partial charge on any atom is 0.263 e. The molecule has 0 saturated heterocycles. The number of fused-ring (bicyclic) bond motifs is 2. The first-order chi connectivity index (χ1) is 17.1. The molecule has 0 radical (unpaired) electrons. The number of carbonyl (C=O) groups excluding carboxylic acids is 1. The molecule has 5 rings (SSSR count). The van der Waals surface area contributed by atoms with E-state index in [1.807, 2.05) is 30.0 Å². The summed E-state index contributed by atoms with van der Waals surface area (Å²) in [6, 6.07) is 17.2. The van der Waals surface area contributed by atoms with Crippen LogP contribution in [-0.4, -0.2) is 19.0 Å². The Morgan fingerprint density at radius 1 is 1.09 bits per heavy atom. The van der Waals surface area contributed by atoms with Gasteiger partial charge in [0.05, 0.1) is 10.7 Å². The van der Waals surface area contributed by atoms with E-state index in [0.717, 1.165) is 25.9 Å². The molecule has 180 valence electrons. The van der Waals surface area contributed by atoms with Crippen molar-refractivity contribution in [1.29, 1.82) is 0 Å².